The normalized spacial score (nSPS) is 43.3. The Morgan fingerprint density at radius 2 is 1.96 bits per heavy atom. The summed E-state index contributed by atoms with van der Waals surface area (Å²) in [5, 5.41) is 41.6. The van der Waals surface area contributed by atoms with Gasteiger partial charge in [-0.25, -0.2) is 0 Å². The Morgan fingerprint density at radius 3 is 2.64 bits per heavy atom. The summed E-state index contributed by atoms with van der Waals surface area (Å²) in [7, 11) is 0. The Balaban J connectivity index is 1.89. The van der Waals surface area contributed by atoms with Gasteiger partial charge in [-0.1, -0.05) is 30.7 Å². The molecule has 4 N–H and O–H groups in total. The van der Waals surface area contributed by atoms with Gasteiger partial charge in [0.15, 0.2) is 0 Å². The summed E-state index contributed by atoms with van der Waals surface area (Å²) in [5.41, 5.74) is 1.82. The van der Waals surface area contributed by atoms with Gasteiger partial charge in [-0.2, -0.15) is 0 Å². The lowest BCUT2D eigenvalue weighted by atomic mass is 9.61. The number of rotatable bonds is 3. The zero-order valence-electron chi connectivity index (χ0n) is 15.6. The number of hydrogen-bond donors (Lipinski definition) is 4. The third kappa shape index (κ3) is 3.14. The van der Waals surface area contributed by atoms with Crippen LogP contribution in [0.5, 0.6) is 0 Å². The minimum absolute atomic E-state index is 0.126. The summed E-state index contributed by atoms with van der Waals surface area (Å²) in [6.07, 6.45) is 8.56. The summed E-state index contributed by atoms with van der Waals surface area (Å²) in [5.74, 6) is 0.126. The largest absolute Gasteiger partial charge is 0.393 e. The molecule has 0 saturated heterocycles. The van der Waals surface area contributed by atoms with E-state index in [0.717, 1.165) is 24.8 Å². The van der Waals surface area contributed by atoms with Crippen LogP contribution in [0.3, 0.4) is 0 Å². The topological polar surface area (TPSA) is 80.9 Å². The fourth-order valence-electron chi connectivity index (χ4n) is 5.29. The summed E-state index contributed by atoms with van der Waals surface area (Å²) >= 11 is 0. The van der Waals surface area contributed by atoms with Crippen molar-refractivity contribution in [2.24, 2.45) is 11.3 Å². The van der Waals surface area contributed by atoms with Gasteiger partial charge in [0.1, 0.15) is 0 Å². The first-order chi connectivity index (χ1) is 11.7. The quantitative estimate of drug-likeness (QED) is 0.632. The fraction of sp³-hybridized carbons (Fsp3) is 0.714. The van der Waals surface area contributed by atoms with E-state index in [2.05, 4.69) is 19.1 Å². The minimum atomic E-state index is -1.16. The van der Waals surface area contributed by atoms with Gasteiger partial charge in [0.25, 0.3) is 0 Å². The Kier molecular flexibility index (Phi) is 5.02. The van der Waals surface area contributed by atoms with Gasteiger partial charge in [-0.15, -0.1) is 0 Å². The molecule has 0 aromatic heterocycles. The highest BCUT2D eigenvalue weighted by Crippen LogP contribution is 2.59. The van der Waals surface area contributed by atoms with Crippen molar-refractivity contribution < 1.29 is 20.4 Å². The third-order valence-corrected chi connectivity index (χ3v) is 7.02. The first kappa shape index (κ1) is 18.8. The molecule has 0 amide bonds. The van der Waals surface area contributed by atoms with Gasteiger partial charge in [0, 0.05) is 5.41 Å². The monoisotopic (exact) mass is 348 g/mol. The summed E-state index contributed by atoms with van der Waals surface area (Å²) in [4.78, 5) is 0. The van der Waals surface area contributed by atoms with E-state index in [-0.39, 0.29) is 12.0 Å². The lowest BCUT2D eigenvalue weighted by Crippen LogP contribution is -2.54. The number of allylic oxidation sites excluding steroid dienone is 4. The molecule has 4 heteroatoms. The maximum Gasteiger partial charge on any atom is 0.0962 e. The Morgan fingerprint density at radius 1 is 1.24 bits per heavy atom. The average Bonchev–Trinajstić information content (AvgIpc) is 2.80. The van der Waals surface area contributed by atoms with Crippen molar-refractivity contribution in [1.82, 2.24) is 0 Å². The maximum atomic E-state index is 11.1. The fourth-order valence-corrected chi connectivity index (χ4v) is 5.29. The number of fused-ring (bicyclic) bond motifs is 1. The average molecular weight is 348 g/mol. The predicted molar refractivity (Wildman–Crippen MR) is 97.9 cm³/mol. The van der Waals surface area contributed by atoms with E-state index in [1.807, 2.05) is 13.0 Å². The second-order valence-electron chi connectivity index (χ2n) is 8.58. The van der Waals surface area contributed by atoms with Crippen LogP contribution in [0, 0.1) is 11.3 Å². The van der Waals surface area contributed by atoms with Gasteiger partial charge in [-0.3, -0.25) is 0 Å². The lowest BCUT2D eigenvalue weighted by Gasteiger charge is -2.48. The van der Waals surface area contributed by atoms with Crippen LogP contribution in [0.15, 0.2) is 34.9 Å². The summed E-state index contributed by atoms with van der Waals surface area (Å²) < 4.78 is 0. The predicted octanol–water partition coefficient (Wildman–Crippen LogP) is 2.62. The second-order valence-corrected chi connectivity index (χ2v) is 8.58. The van der Waals surface area contributed by atoms with Crippen LogP contribution in [0.4, 0.5) is 0 Å². The van der Waals surface area contributed by atoms with Crippen molar-refractivity contribution in [3.8, 4) is 0 Å². The first-order valence-electron chi connectivity index (χ1n) is 9.52. The molecule has 3 aliphatic rings. The molecule has 25 heavy (non-hydrogen) atoms. The van der Waals surface area contributed by atoms with E-state index < -0.39 is 23.2 Å². The molecule has 1 fully saturated rings. The summed E-state index contributed by atoms with van der Waals surface area (Å²) in [6.45, 7) is 5.75. The Labute approximate surface area is 150 Å². The van der Waals surface area contributed by atoms with Gasteiger partial charge < -0.3 is 20.4 Å². The Bertz CT molecular complexity index is 617. The molecular formula is C21H32O4. The van der Waals surface area contributed by atoms with Gasteiger partial charge >= 0.3 is 0 Å². The first-order valence-corrected chi connectivity index (χ1v) is 9.52. The number of hydrogen-bond acceptors (Lipinski definition) is 4. The van der Waals surface area contributed by atoms with Crippen molar-refractivity contribution in [3.05, 3.63) is 34.9 Å². The molecule has 0 heterocycles. The van der Waals surface area contributed by atoms with Crippen molar-refractivity contribution in [3.63, 3.8) is 0 Å². The SMILES string of the molecule is CC1=C(/C=C/C2=C[C@H](O)C[C@@]3(C)[C@H]2CC[C@]3(O)[C@H](C)O)C[C@@H](O)CC1. The highest BCUT2D eigenvalue weighted by atomic mass is 16.3. The van der Waals surface area contributed by atoms with Crippen LogP contribution in [-0.2, 0) is 0 Å². The van der Waals surface area contributed by atoms with Crippen molar-refractivity contribution in [2.75, 3.05) is 0 Å². The molecule has 140 valence electrons. The molecule has 4 nitrogen and oxygen atoms in total. The van der Waals surface area contributed by atoms with Crippen LogP contribution in [0.1, 0.15) is 59.3 Å². The molecule has 0 aliphatic heterocycles. The molecule has 3 rings (SSSR count). The van der Waals surface area contributed by atoms with Crippen LogP contribution >= 0.6 is 0 Å². The van der Waals surface area contributed by atoms with Crippen LogP contribution in [-0.4, -0.2) is 44.3 Å². The Hall–Kier alpha value is -0.940. The van der Waals surface area contributed by atoms with Gasteiger partial charge in [-0.05, 0) is 69.4 Å². The smallest absolute Gasteiger partial charge is 0.0962 e. The van der Waals surface area contributed by atoms with Gasteiger partial charge in [0.05, 0.1) is 23.9 Å². The number of aliphatic hydroxyl groups is 4. The second kappa shape index (κ2) is 6.66. The molecule has 0 aromatic rings. The van der Waals surface area contributed by atoms with Crippen LogP contribution in [0.2, 0.25) is 0 Å². The number of aliphatic hydroxyl groups excluding tert-OH is 3. The van der Waals surface area contributed by atoms with E-state index in [1.165, 1.54) is 11.1 Å². The van der Waals surface area contributed by atoms with E-state index >= 15 is 0 Å². The maximum absolute atomic E-state index is 11.1. The molecule has 0 aromatic carbocycles. The van der Waals surface area contributed by atoms with Crippen molar-refractivity contribution >= 4 is 0 Å². The van der Waals surface area contributed by atoms with Gasteiger partial charge in [0.2, 0.25) is 0 Å². The lowest BCUT2D eigenvalue weighted by molar-refractivity contribution is -0.148. The molecule has 1 saturated carbocycles. The minimum Gasteiger partial charge on any atom is -0.393 e. The molecule has 6 atom stereocenters. The van der Waals surface area contributed by atoms with Crippen molar-refractivity contribution in [1.29, 1.82) is 0 Å². The van der Waals surface area contributed by atoms with Crippen molar-refractivity contribution in [2.45, 2.75) is 83.2 Å². The summed E-state index contributed by atoms with van der Waals surface area (Å²) in [6, 6.07) is 0. The molecular weight excluding hydrogens is 316 g/mol. The molecule has 0 radical (unpaired) electrons. The van der Waals surface area contributed by atoms with Crippen LogP contribution in [0.25, 0.3) is 0 Å². The van der Waals surface area contributed by atoms with E-state index in [0.29, 0.717) is 19.3 Å². The third-order valence-electron chi connectivity index (χ3n) is 7.02. The zero-order chi connectivity index (χ0) is 18.4. The van der Waals surface area contributed by atoms with Crippen LogP contribution < -0.4 is 0 Å². The molecule has 0 spiro atoms. The van der Waals surface area contributed by atoms with E-state index in [4.69, 9.17) is 0 Å². The zero-order valence-corrected chi connectivity index (χ0v) is 15.6. The highest BCUT2D eigenvalue weighted by molar-refractivity contribution is 5.38. The standard InChI is InChI=1S/C21H32O4/c1-13-4-7-17(23)10-15(13)5-6-16-11-18(24)12-20(3)19(16)8-9-21(20,25)14(2)22/h5-6,11,14,17-19,22-25H,4,7-10,12H2,1-3H3/b6-5+/t14-,17-,18-,19-,20-,21-/m0/s1. The molecule has 0 unspecified atom stereocenters. The van der Waals surface area contributed by atoms with E-state index in [1.54, 1.807) is 6.92 Å². The molecule has 3 aliphatic carbocycles. The molecule has 0 bridgehead atoms. The van der Waals surface area contributed by atoms with E-state index in [9.17, 15) is 20.4 Å². The highest BCUT2D eigenvalue weighted by Gasteiger charge is 2.60.